The summed E-state index contributed by atoms with van der Waals surface area (Å²) in [5.74, 6) is 0.910. The fraction of sp³-hybridized carbons (Fsp3) is 1.00. The molecule has 9 heavy (non-hydrogen) atoms. The number of hydrogen-bond donors (Lipinski definition) is 0. The molecule has 1 heteroatoms. The molecule has 0 bridgehead atoms. The van der Waals surface area contributed by atoms with Gasteiger partial charge in [-0.25, -0.2) is 4.39 Å². The van der Waals surface area contributed by atoms with Gasteiger partial charge in [-0.05, 0) is 18.3 Å². The second-order valence-corrected chi connectivity index (χ2v) is 3.28. The lowest BCUT2D eigenvalue weighted by atomic mass is 9.80. The average Bonchev–Trinajstić information content (AvgIpc) is 1.83. The SMILES string of the molecule is CC1C(F)CCC[C@H]1C. The van der Waals surface area contributed by atoms with Gasteiger partial charge in [-0.15, -0.1) is 0 Å². The summed E-state index contributed by atoms with van der Waals surface area (Å²) in [5.41, 5.74) is 0. The molecule has 0 aromatic rings. The van der Waals surface area contributed by atoms with Crippen molar-refractivity contribution in [2.45, 2.75) is 39.3 Å². The highest BCUT2D eigenvalue weighted by Gasteiger charge is 2.26. The Balaban J connectivity index is 2.41. The maximum atomic E-state index is 12.8. The van der Waals surface area contributed by atoms with Gasteiger partial charge in [0.15, 0.2) is 0 Å². The van der Waals surface area contributed by atoms with E-state index in [9.17, 15) is 4.39 Å². The van der Waals surface area contributed by atoms with Gasteiger partial charge in [0.1, 0.15) is 6.17 Å². The van der Waals surface area contributed by atoms with Crippen molar-refractivity contribution in [2.24, 2.45) is 11.8 Å². The van der Waals surface area contributed by atoms with Gasteiger partial charge in [0, 0.05) is 0 Å². The summed E-state index contributed by atoms with van der Waals surface area (Å²) in [6.45, 7) is 4.17. The summed E-state index contributed by atoms with van der Waals surface area (Å²) in [6.07, 6.45) is 2.59. The van der Waals surface area contributed by atoms with Crippen LogP contribution in [0.2, 0.25) is 0 Å². The van der Waals surface area contributed by atoms with Crippen LogP contribution in [0, 0.1) is 11.8 Å². The van der Waals surface area contributed by atoms with Gasteiger partial charge < -0.3 is 0 Å². The maximum absolute atomic E-state index is 12.8. The topological polar surface area (TPSA) is 0 Å². The highest BCUT2D eigenvalue weighted by Crippen LogP contribution is 2.31. The van der Waals surface area contributed by atoms with Crippen molar-refractivity contribution in [1.82, 2.24) is 0 Å². The normalized spacial score (nSPS) is 45.0. The Kier molecular flexibility index (Phi) is 2.09. The first-order chi connectivity index (χ1) is 4.22. The first-order valence-corrected chi connectivity index (χ1v) is 3.86. The fourth-order valence-electron chi connectivity index (χ4n) is 1.52. The molecule has 0 spiro atoms. The van der Waals surface area contributed by atoms with Crippen molar-refractivity contribution in [3.8, 4) is 0 Å². The molecular weight excluding hydrogens is 115 g/mol. The Morgan fingerprint density at radius 1 is 1.22 bits per heavy atom. The lowest BCUT2D eigenvalue weighted by Gasteiger charge is -2.28. The summed E-state index contributed by atoms with van der Waals surface area (Å²) in [4.78, 5) is 0. The van der Waals surface area contributed by atoms with E-state index in [2.05, 4.69) is 6.92 Å². The van der Waals surface area contributed by atoms with Crippen molar-refractivity contribution < 1.29 is 4.39 Å². The zero-order valence-electron chi connectivity index (χ0n) is 6.23. The molecule has 2 unspecified atom stereocenters. The van der Waals surface area contributed by atoms with Crippen molar-refractivity contribution in [2.75, 3.05) is 0 Å². The molecule has 0 N–H and O–H groups in total. The monoisotopic (exact) mass is 130 g/mol. The van der Waals surface area contributed by atoms with Crippen LogP contribution in [0.1, 0.15) is 33.1 Å². The molecule has 1 aliphatic rings. The summed E-state index contributed by atoms with van der Waals surface area (Å²) < 4.78 is 12.8. The van der Waals surface area contributed by atoms with Gasteiger partial charge in [-0.3, -0.25) is 0 Å². The molecule has 0 aromatic heterocycles. The zero-order valence-corrected chi connectivity index (χ0v) is 6.23. The van der Waals surface area contributed by atoms with Crippen LogP contribution in [0.5, 0.6) is 0 Å². The van der Waals surface area contributed by atoms with E-state index in [0.29, 0.717) is 11.8 Å². The van der Waals surface area contributed by atoms with Crippen LogP contribution in [0.15, 0.2) is 0 Å². The lowest BCUT2D eigenvalue weighted by Crippen LogP contribution is -2.24. The highest BCUT2D eigenvalue weighted by atomic mass is 19.1. The Hall–Kier alpha value is -0.0700. The van der Waals surface area contributed by atoms with Crippen molar-refractivity contribution in [1.29, 1.82) is 0 Å². The van der Waals surface area contributed by atoms with E-state index in [4.69, 9.17) is 0 Å². The zero-order chi connectivity index (χ0) is 6.85. The van der Waals surface area contributed by atoms with Crippen molar-refractivity contribution >= 4 is 0 Å². The molecule has 54 valence electrons. The minimum Gasteiger partial charge on any atom is -0.247 e. The second kappa shape index (κ2) is 2.68. The first-order valence-electron chi connectivity index (χ1n) is 3.86. The molecular formula is C8H15F. The summed E-state index contributed by atoms with van der Waals surface area (Å²) >= 11 is 0. The van der Waals surface area contributed by atoms with Gasteiger partial charge in [0.05, 0.1) is 0 Å². The van der Waals surface area contributed by atoms with E-state index < -0.39 is 6.17 Å². The third kappa shape index (κ3) is 1.44. The molecule has 1 rings (SSSR count). The van der Waals surface area contributed by atoms with Crippen molar-refractivity contribution in [3.05, 3.63) is 0 Å². The molecule has 0 aliphatic heterocycles. The van der Waals surface area contributed by atoms with Crippen LogP contribution in [0.3, 0.4) is 0 Å². The third-order valence-corrected chi connectivity index (χ3v) is 2.61. The second-order valence-electron chi connectivity index (χ2n) is 3.28. The Labute approximate surface area is 56.5 Å². The fourth-order valence-corrected chi connectivity index (χ4v) is 1.52. The van der Waals surface area contributed by atoms with Crippen LogP contribution in [-0.2, 0) is 0 Å². The van der Waals surface area contributed by atoms with Crippen LogP contribution in [0.25, 0.3) is 0 Å². The molecule has 0 aromatic carbocycles. The van der Waals surface area contributed by atoms with Crippen LogP contribution in [0.4, 0.5) is 4.39 Å². The van der Waals surface area contributed by atoms with Gasteiger partial charge in [0.2, 0.25) is 0 Å². The number of rotatable bonds is 0. The smallest absolute Gasteiger partial charge is 0.103 e. The molecule has 1 aliphatic carbocycles. The third-order valence-electron chi connectivity index (χ3n) is 2.61. The first kappa shape index (κ1) is 7.04. The Bertz CT molecular complexity index is 80.6. The van der Waals surface area contributed by atoms with Crippen LogP contribution < -0.4 is 0 Å². The van der Waals surface area contributed by atoms with Crippen molar-refractivity contribution in [3.63, 3.8) is 0 Å². The van der Waals surface area contributed by atoms with Gasteiger partial charge in [-0.1, -0.05) is 26.7 Å². The van der Waals surface area contributed by atoms with Crippen LogP contribution in [-0.4, -0.2) is 6.17 Å². The highest BCUT2D eigenvalue weighted by molar-refractivity contribution is 4.75. The quantitative estimate of drug-likeness (QED) is 0.473. The minimum absolute atomic E-state index is 0.304. The number of alkyl halides is 1. The standard InChI is InChI=1S/C8H15F/c1-6-4-3-5-8(9)7(6)2/h6-8H,3-5H2,1-2H3/t6-,7?,8?/m1/s1. The molecule has 0 amide bonds. The van der Waals surface area contributed by atoms with E-state index in [-0.39, 0.29) is 0 Å². The van der Waals surface area contributed by atoms with Gasteiger partial charge in [-0.2, -0.15) is 0 Å². The van der Waals surface area contributed by atoms with E-state index in [1.807, 2.05) is 6.92 Å². The molecule has 3 atom stereocenters. The predicted molar refractivity (Wildman–Crippen MR) is 37.1 cm³/mol. The Morgan fingerprint density at radius 3 is 2.33 bits per heavy atom. The average molecular weight is 130 g/mol. The minimum atomic E-state index is -0.520. The molecule has 0 saturated heterocycles. The predicted octanol–water partition coefficient (Wildman–Crippen LogP) is 2.78. The van der Waals surface area contributed by atoms with E-state index in [0.717, 1.165) is 12.8 Å². The lowest BCUT2D eigenvalue weighted by molar-refractivity contribution is 0.130. The van der Waals surface area contributed by atoms with E-state index in [1.165, 1.54) is 6.42 Å². The van der Waals surface area contributed by atoms with Gasteiger partial charge >= 0.3 is 0 Å². The molecule has 1 fully saturated rings. The number of hydrogen-bond acceptors (Lipinski definition) is 0. The summed E-state index contributed by atoms with van der Waals surface area (Å²) in [6, 6.07) is 0. The molecule has 0 nitrogen and oxygen atoms in total. The molecule has 0 heterocycles. The molecule has 1 saturated carbocycles. The summed E-state index contributed by atoms with van der Waals surface area (Å²) in [7, 11) is 0. The largest absolute Gasteiger partial charge is 0.247 e. The molecule has 0 radical (unpaired) electrons. The van der Waals surface area contributed by atoms with E-state index in [1.54, 1.807) is 0 Å². The number of halogens is 1. The Morgan fingerprint density at radius 2 is 1.89 bits per heavy atom. The summed E-state index contributed by atoms with van der Waals surface area (Å²) in [5, 5.41) is 0. The van der Waals surface area contributed by atoms with E-state index >= 15 is 0 Å². The van der Waals surface area contributed by atoms with Crippen LogP contribution >= 0.6 is 0 Å². The maximum Gasteiger partial charge on any atom is 0.103 e. The van der Waals surface area contributed by atoms with Gasteiger partial charge in [0.25, 0.3) is 0 Å².